The van der Waals surface area contributed by atoms with Crippen LogP contribution in [0, 0.1) is 0 Å². The fourth-order valence-corrected chi connectivity index (χ4v) is 3.19. The van der Waals surface area contributed by atoms with E-state index in [9.17, 15) is 9.59 Å². The minimum atomic E-state index is -0.898. The van der Waals surface area contributed by atoms with Crippen molar-refractivity contribution in [1.29, 1.82) is 0 Å². The number of rotatable bonds is 10. The molecule has 0 aromatic heterocycles. The predicted octanol–water partition coefficient (Wildman–Crippen LogP) is 4.26. The van der Waals surface area contributed by atoms with Gasteiger partial charge in [-0.05, 0) is 43.5 Å². The highest BCUT2D eigenvalue weighted by atomic mass is 16.4. The molecule has 1 N–H and O–H groups in total. The Labute approximate surface area is 156 Å². The van der Waals surface area contributed by atoms with Crippen LogP contribution in [0.5, 0.6) is 0 Å². The topological polar surface area (TPSA) is 57.6 Å². The standard InChI is InChI=1S/C22H29NO3/c1-2-3-4-5-6-7-10-20-21(24)15-17-23(20)16-8-9-18-11-13-19(14-12-18)22(25)26/h5-7,10-14,20H,2-4,8-9,15-17H2,1H3,(H,25,26)/t20-/m1/s1. The van der Waals surface area contributed by atoms with Crippen LogP contribution >= 0.6 is 0 Å². The monoisotopic (exact) mass is 355 g/mol. The molecule has 26 heavy (non-hydrogen) atoms. The summed E-state index contributed by atoms with van der Waals surface area (Å²) >= 11 is 0. The Morgan fingerprint density at radius 1 is 1.23 bits per heavy atom. The molecule has 1 atom stereocenters. The highest BCUT2D eigenvalue weighted by molar-refractivity contribution is 5.88. The number of nitrogens with zero attached hydrogens (tertiary/aromatic N) is 1. The first-order valence-electron chi connectivity index (χ1n) is 9.54. The second-order valence-corrected chi connectivity index (χ2v) is 6.76. The van der Waals surface area contributed by atoms with E-state index in [2.05, 4.69) is 17.9 Å². The first-order chi connectivity index (χ1) is 12.6. The van der Waals surface area contributed by atoms with Crippen LogP contribution in [0.2, 0.25) is 0 Å². The van der Waals surface area contributed by atoms with Gasteiger partial charge in [-0.15, -0.1) is 0 Å². The lowest BCUT2D eigenvalue weighted by Gasteiger charge is -2.20. The van der Waals surface area contributed by atoms with Crippen LogP contribution < -0.4 is 0 Å². The molecule has 1 aliphatic heterocycles. The molecule has 0 saturated carbocycles. The van der Waals surface area contributed by atoms with Gasteiger partial charge in [0.05, 0.1) is 11.6 Å². The number of hydrogen-bond acceptors (Lipinski definition) is 3. The van der Waals surface area contributed by atoms with E-state index < -0.39 is 5.97 Å². The van der Waals surface area contributed by atoms with E-state index in [0.29, 0.717) is 17.8 Å². The van der Waals surface area contributed by atoms with E-state index in [1.54, 1.807) is 12.1 Å². The lowest BCUT2D eigenvalue weighted by Crippen LogP contribution is -2.32. The van der Waals surface area contributed by atoms with E-state index in [4.69, 9.17) is 5.11 Å². The van der Waals surface area contributed by atoms with Gasteiger partial charge >= 0.3 is 5.97 Å². The minimum absolute atomic E-state index is 0.0970. The highest BCUT2D eigenvalue weighted by Crippen LogP contribution is 2.16. The third-order valence-electron chi connectivity index (χ3n) is 4.75. The highest BCUT2D eigenvalue weighted by Gasteiger charge is 2.29. The average molecular weight is 355 g/mol. The second kappa shape index (κ2) is 10.7. The third-order valence-corrected chi connectivity index (χ3v) is 4.75. The van der Waals surface area contributed by atoms with Crippen molar-refractivity contribution in [2.75, 3.05) is 13.1 Å². The summed E-state index contributed by atoms with van der Waals surface area (Å²) in [5.41, 5.74) is 1.45. The number of unbranched alkanes of at least 4 members (excludes halogenated alkanes) is 2. The van der Waals surface area contributed by atoms with Gasteiger partial charge in [0.25, 0.3) is 0 Å². The molecule has 1 fully saturated rings. The normalized spacial score (nSPS) is 18.3. The summed E-state index contributed by atoms with van der Waals surface area (Å²) in [5, 5.41) is 8.93. The zero-order chi connectivity index (χ0) is 18.8. The lowest BCUT2D eigenvalue weighted by molar-refractivity contribution is -0.118. The lowest BCUT2D eigenvalue weighted by atomic mass is 10.1. The average Bonchev–Trinajstić information content (AvgIpc) is 2.98. The van der Waals surface area contributed by atoms with E-state index in [1.165, 1.54) is 12.8 Å². The van der Waals surface area contributed by atoms with Crippen LogP contribution in [0.1, 0.15) is 54.9 Å². The number of aromatic carboxylic acids is 1. The fraction of sp³-hybridized carbons (Fsp3) is 0.455. The maximum absolute atomic E-state index is 12.1. The molecule has 1 aromatic rings. The van der Waals surface area contributed by atoms with Gasteiger partial charge in [0, 0.05) is 13.0 Å². The van der Waals surface area contributed by atoms with Crippen molar-refractivity contribution in [3.05, 3.63) is 59.7 Å². The van der Waals surface area contributed by atoms with Gasteiger partial charge in [0.15, 0.2) is 5.78 Å². The predicted molar refractivity (Wildman–Crippen MR) is 105 cm³/mol. The van der Waals surface area contributed by atoms with E-state index in [-0.39, 0.29) is 6.04 Å². The molecule has 0 amide bonds. The van der Waals surface area contributed by atoms with Crippen molar-refractivity contribution < 1.29 is 14.7 Å². The number of benzene rings is 1. The fourth-order valence-electron chi connectivity index (χ4n) is 3.19. The summed E-state index contributed by atoms with van der Waals surface area (Å²) < 4.78 is 0. The number of Topliss-reactive ketones (excluding diaryl/α,β-unsaturated/α-hetero) is 1. The van der Waals surface area contributed by atoms with E-state index in [0.717, 1.165) is 37.9 Å². The summed E-state index contributed by atoms with van der Waals surface area (Å²) in [6.45, 7) is 3.88. The van der Waals surface area contributed by atoms with Gasteiger partial charge in [-0.25, -0.2) is 4.79 Å². The second-order valence-electron chi connectivity index (χ2n) is 6.76. The number of likely N-dealkylation sites (tertiary alicyclic amines) is 1. The molecule has 0 bridgehead atoms. The molecule has 1 heterocycles. The van der Waals surface area contributed by atoms with Crippen LogP contribution in [0.4, 0.5) is 0 Å². The molecule has 1 aromatic carbocycles. The van der Waals surface area contributed by atoms with Gasteiger partial charge in [-0.2, -0.15) is 0 Å². The Kier molecular flexibility index (Phi) is 8.29. The summed E-state index contributed by atoms with van der Waals surface area (Å²) in [7, 11) is 0. The van der Waals surface area contributed by atoms with Gasteiger partial charge < -0.3 is 5.11 Å². The van der Waals surface area contributed by atoms with Crippen LogP contribution in [0.15, 0.2) is 48.6 Å². The van der Waals surface area contributed by atoms with Crippen LogP contribution in [-0.2, 0) is 11.2 Å². The molecule has 0 unspecified atom stereocenters. The van der Waals surface area contributed by atoms with Gasteiger partial charge in [-0.3, -0.25) is 9.69 Å². The number of carboxylic acid groups (broad SMARTS) is 1. The van der Waals surface area contributed by atoms with Gasteiger partial charge in [-0.1, -0.05) is 56.2 Å². The number of ketones is 1. The zero-order valence-corrected chi connectivity index (χ0v) is 15.6. The number of allylic oxidation sites excluding steroid dienone is 3. The molecule has 4 heteroatoms. The van der Waals surface area contributed by atoms with Crippen LogP contribution in [0.3, 0.4) is 0 Å². The van der Waals surface area contributed by atoms with Crippen LogP contribution in [0.25, 0.3) is 0 Å². The van der Waals surface area contributed by atoms with E-state index >= 15 is 0 Å². The maximum atomic E-state index is 12.1. The first kappa shape index (κ1) is 20.1. The van der Waals surface area contributed by atoms with Crippen molar-refractivity contribution in [2.45, 2.75) is 51.5 Å². The van der Waals surface area contributed by atoms with Crippen molar-refractivity contribution in [2.24, 2.45) is 0 Å². The summed E-state index contributed by atoms with van der Waals surface area (Å²) in [5.74, 6) is -0.598. The molecule has 0 aliphatic carbocycles. The smallest absolute Gasteiger partial charge is 0.335 e. The molecule has 1 aliphatic rings. The SMILES string of the molecule is CCCCC=CC=C[C@@H]1C(=O)CCN1CCCc1ccc(C(=O)O)cc1. The summed E-state index contributed by atoms with van der Waals surface area (Å²) in [6, 6.07) is 6.94. The Balaban J connectivity index is 1.79. The Morgan fingerprint density at radius 3 is 2.69 bits per heavy atom. The molecule has 0 spiro atoms. The van der Waals surface area contributed by atoms with E-state index in [1.807, 2.05) is 30.4 Å². The summed E-state index contributed by atoms with van der Waals surface area (Å²) in [6.07, 6.45) is 14.2. The van der Waals surface area contributed by atoms with Crippen molar-refractivity contribution >= 4 is 11.8 Å². The Hall–Kier alpha value is -2.20. The van der Waals surface area contributed by atoms with Gasteiger partial charge in [0.2, 0.25) is 0 Å². The third kappa shape index (κ3) is 6.26. The zero-order valence-electron chi connectivity index (χ0n) is 15.6. The number of carbonyl (C=O) groups excluding carboxylic acids is 1. The van der Waals surface area contributed by atoms with Crippen molar-refractivity contribution in [3.63, 3.8) is 0 Å². The molecule has 0 radical (unpaired) electrons. The number of hydrogen-bond donors (Lipinski definition) is 1. The van der Waals surface area contributed by atoms with Crippen molar-refractivity contribution in [3.8, 4) is 0 Å². The largest absolute Gasteiger partial charge is 0.478 e. The Morgan fingerprint density at radius 2 is 2.00 bits per heavy atom. The maximum Gasteiger partial charge on any atom is 0.335 e. The Bertz CT molecular complexity index is 646. The number of aryl methyl sites for hydroxylation is 1. The molecule has 2 rings (SSSR count). The quantitative estimate of drug-likeness (QED) is 0.503. The molecule has 140 valence electrons. The molecule has 1 saturated heterocycles. The molecule has 4 nitrogen and oxygen atoms in total. The van der Waals surface area contributed by atoms with Crippen LogP contribution in [-0.4, -0.2) is 40.9 Å². The number of carboxylic acids is 1. The van der Waals surface area contributed by atoms with Crippen molar-refractivity contribution in [1.82, 2.24) is 4.90 Å². The van der Waals surface area contributed by atoms with Gasteiger partial charge in [0.1, 0.15) is 0 Å². The summed E-state index contributed by atoms with van der Waals surface area (Å²) in [4.78, 5) is 25.2. The number of carbonyl (C=O) groups is 2. The minimum Gasteiger partial charge on any atom is -0.478 e. The first-order valence-corrected chi connectivity index (χ1v) is 9.54. The molecular weight excluding hydrogens is 326 g/mol. The molecular formula is C22H29NO3.